The van der Waals surface area contributed by atoms with Gasteiger partial charge in [-0.15, -0.1) is 0 Å². The highest BCUT2D eigenvalue weighted by atomic mass is 16.5. The van der Waals surface area contributed by atoms with E-state index in [0.717, 1.165) is 24.3 Å². The summed E-state index contributed by atoms with van der Waals surface area (Å²) in [6.45, 7) is 7.30. The number of methoxy groups -OCH3 is 1. The van der Waals surface area contributed by atoms with Gasteiger partial charge in [-0.2, -0.15) is 4.98 Å². The molecule has 21 heavy (non-hydrogen) atoms. The summed E-state index contributed by atoms with van der Waals surface area (Å²) < 4.78 is 10.7. The molecule has 0 amide bonds. The molecule has 2 aromatic rings. The van der Waals surface area contributed by atoms with Crippen LogP contribution in [-0.4, -0.2) is 29.8 Å². The molecular formula is C16H23N3O2. The van der Waals surface area contributed by atoms with Gasteiger partial charge in [-0.1, -0.05) is 31.1 Å². The molecule has 0 aliphatic heterocycles. The van der Waals surface area contributed by atoms with Crippen molar-refractivity contribution in [3.8, 4) is 17.1 Å². The Kier molecular flexibility index (Phi) is 5.33. The number of likely N-dealkylation sites (N-methyl/N-ethyl adjacent to an activating group) is 1. The van der Waals surface area contributed by atoms with Gasteiger partial charge in [0.1, 0.15) is 5.75 Å². The lowest BCUT2D eigenvalue weighted by molar-refractivity contribution is 0.318. The average Bonchev–Trinajstić information content (AvgIpc) is 2.98. The Morgan fingerprint density at radius 1 is 1.33 bits per heavy atom. The molecule has 114 valence electrons. The Labute approximate surface area is 125 Å². The Morgan fingerprint density at radius 3 is 2.81 bits per heavy atom. The molecule has 0 radical (unpaired) electrons. The number of aromatic nitrogens is 2. The van der Waals surface area contributed by atoms with Crippen LogP contribution in [0.25, 0.3) is 11.4 Å². The number of hydrogen-bond donors (Lipinski definition) is 1. The van der Waals surface area contributed by atoms with Crippen LogP contribution in [0.3, 0.4) is 0 Å². The van der Waals surface area contributed by atoms with Crippen LogP contribution in [0.5, 0.6) is 5.75 Å². The summed E-state index contributed by atoms with van der Waals surface area (Å²) in [6, 6.07) is 7.98. The van der Waals surface area contributed by atoms with E-state index in [-0.39, 0.29) is 5.92 Å². The van der Waals surface area contributed by atoms with Crippen LogP contribution in [0.15, 0.2) is 28.8 Å². The van der Waals surface area contributed by atoms with E-state index in [1.165, 1.54) is 0 Å². The topological polar surface area (TPSA) is 60.2 Å². The van der Waals surface area contributed by atoms with Crippen LogP contribution in [0.1, 0.15) is 39.0 Å². The quantitative estimate of drug-likeness (QED) is 0.848. The zero-order valence-corrected chi connectivity index (χ0v) is 13.1. The van der Waals surface area contributed by atoms with Crippen LogP contribution >= 0.6 is 0 Å². The zero-order valence-electron chi connectivity index (χ0n) is 13.1. The van der Waals surface area contributed by atoms with Crippen molar-refractivity contribution < 1.29 is 9.26 Å². The monoisotopic (exact) mass is 289 g/mol. The maximum absolute atomic E-state index is 5.47. The maximum Gasteiger partial charge on any atom is 0.231 e. The van der Waals surface area contributed by atoms with E-state index >= 15 is 0 Å². The van der Waals surface area contributed by atoms with Crippen LogP contribution in [0.4, 0.5) is 0 Å². The van der Waals surface area contributed by atoms with E-state index in [2.05, 4.69) is 36.2 Å². The summed E-state index contributed by atoms with van der Waals surface area (Å²) in [5.74, 6) is 2.29. The first-order valence-corrected chi connectivity index (χ1v) is 7.41. The first-order valence-electron chi connectivity index (χ1n) is 7.41. The van der Waals surface area contributed by atoms with E-state index in [1.807, 2.05) is 24.3 Å². The van der Waals surface area contributed by atoms with E-state index in [0.29, 0.717) is 17.8 Å². The molecule has 5 heteroatoms. The third-order valence-electron chi connectivity index (χ3n) is 3.66. The fourth-order valence-electron chi connectivity index (χ4n) is 2.47. The molecule has 0 saturated heterocycles. The molecule has 0 aliphatic rings. The molecule has 0 spiro atoms. The lowest BCUT2D eigenvalue weighted by Crippen LogP contribution is -2.31. The fraction of sp³-hybridized carbons (Fsp3) is 0.500. The van der Waals surface area contributed by atoms with Gasteiger partial charge in [-0.05, 0) is 32.0 Å². The second-order valence-electron chi connectivity index (χ2n) is 5.05. The molecule has 0 saturated carbocycles. The number of nitrogens with zero attached hydrogens (tertiary/aromatic N) is 2. The first-order chi connectivity index (χ1) is 10.2. The minimum atomic E-state index is 0.219. The van der Waals surface area contributed by atoms with Crippen molar-refractivity contribution in [3.63, 3.8) is 0 Å². The molecule has 5 nitrogen and oxygen atoms in total. The van der Waals surface area contributed by atoms with Gasteiger partial charge in [0.05, 0.1) is 13.0 Å². The maximum atomic E-state index is 5.47. The normalized spacial score (nSPS) is 13.9. The zero-order chi connectivity index (χ0) is 15.2. The van der Waals surface area contributed by atoms with Crippen LogP contribution in [-0.2, 0) is 0 Å². The average molecular weight is 289 g/mol. The predicted molar refractivity (Wildman–Crippen MR) is 82.5 cm³/mol. The second-order valence-corrected chi connectivity index (χ2v) is 5.05. The largest absolute Gasteiger partial charge is 0.497 e. The Morgan fingerprint density at radius 2 is 2.14 bits per heavy atom. The summed E-state index contributed by atoms with van der Waals surface area (Å²) >= 11 is 0. The Bertz CT molecular complexity index is 568. The van der Waals surface area contributed by atoms with Crippen LogP contribution in [0, 0.1) is 0 Å². The van der Waals surface area contributed by atoms with Crippen LogP contribution in [0.2, 0.25) is 0 Å². The molecule has 2 atom stereocenters. The summed E-state index contributed by atoms with van der Waals surface area (Å²) in [5.41, 5.74) is 0.898. The van der Waals surface area contributed by atoms with Gasteiger partial charge in [0, 0.05) is 11.6 Å². The highest BCUT2D eigenvalue weighted by Crippen LogP contribution is 2.26. The molecule has 0 bridgehead atoms. The highest BCUT2D eigenvalue weighted by Gasteiger charge is 2.23. The van der Waals surface area contributed by atoms with Crippen molar-refractivity contribution in [1.82, 2.24) is 15.5 Å². The lowest BCUT2D eigenvalue weighted by Gasteiger charge is -2.19. The molecule has 0 fully saturated rings. The fourth-order valence-corrected chi connectivity index (χ4v) is 2.47. The number of hydrogen-bond acceptors (Lipinski definition) is 5. The number of rotatable bonds is 7. The van der Waals surface area contributed by atoms with Gasteiger partial charge in [-0.25, -0.2) is 0 Å². The number of nitrogens with one attached hydrogen (secondary N) is 1. The minimum Gasteiger partial charge on any atom is -0.497 e. The van der Waals surface area contributed by atoms with Crippen molar-refractivity contribution >= 4 is 0 Å². The van der Waals surface area contributed by atoms with E-state index in [4.69, 9.17) is 9.26 Å². The smallest absolute Gasteiger partial charge is 0.231 e. The van der Waals surface area contributed by atoms with Gasteiger partial charge >= 0.3 is 0 Å². The van der Waals surface area contributed by atoms with Crippen LogP contribution < -0.4 is 10.1 Å². The Balaban J connectivity index is 2.23. The Hall–Kier alpha value is -1.88. The van der Waals surface area contributed by atoms with Gasteiger partial charge in [0.25, 0.3) is 0 Å². The molecule has 2 rings (SSSR count). The van der Waals surface area contributed by atoms with Gasteiger partial charge in [-0.3, -0.25) is 0 Å². The van der Waals surface area contributed by atoms with Crippen molar-refractivity contribution in [2.45, 2.75) is 39.2 Å². The van der Waals surface area contributed by atoms with E-state index in [1.54, 1.807) is 7.11 Å². The molecule has 2 unspecified atom stereocenters. The molecule has 1 heterocycles. The number of benzene rings is 1. The lowest BCUT2D eigenvalue weighted by atomic mass is 9.98. The number of ether oxygens (including phenoxy) is 1. The second kappa shape index (κ2) is 7.22. The first kappa shape index (κ1) is 15.5. The summed E-state index contributed by atoms with van der Waals surface area (Å²) in [6.07, 6.45) is 0.952. The summed E-state index contributed by atoms with van der Waals surface area (Å²) in [5, 5.41) is 7.52. The van der Waals surface area contributed by atoms with Crippen molar-refractivity contribution in [3.05, 3.63) is 30.2 Å². The van der Waals surface area contributed by atoms with Crippen molar-refractivity contribution in [2.24, 2.45) is 0 Å². The molecule has 1 N–H and O–H groups in total. The van der Waals surface area contributed by atoms with Crippen molar-refractivity contribution in [1.29, 1.82) is 0 Å². The van der Waals surface area contributed by atoms with Gasteiger partial charge < -0.3 is 14.6 Å². The van der Waals surface area contributed by atoms with Crippen molar-refractivity contribution in [2.75, 3.05) is 13.7 Å². The summed E-state index contributed by atoms with van der Waals surface area (Å²) in [4.78, 5) is 4.56. The van der Waals surface area contributed by atoms with Gasteiger partial charge in [0.2, 0.25) is 11.7 Å². The molecular weight excluding hydrogens is 266 g/mol. The standard InChI is InChI=1S/C16H23N3O2/c1-5-14(11(3)17-6-2)16-18-15(19-21-16)12-8-7-9-13(10-12)20-4/h7-11,14,17H,5-6H2,1-4H3. The third-order valence-corrected chi connectivity index (χ3v) is 3.66. The summed E-state index contributed by atoms with van der Waals surface area (Å²) in [7, 11) is 1.64. The third kappa shape index (κ3) is 3.61. The predicted octanol–water partition coefficient (Wildman–Crippen LogP) is 3.24. The molecule has 1 aromatic heterocycles. The molecule has 0 aliphatic carbocycles. The minimum absolute atomic E-state index is 0.219. The van der Waals surface area contributed by atoms with E-state index in [9.17, 15) is 0 Å². The van der Waals surface area contributed by atoms with Gasteiger partial charge in [0.15, 0.2) is 0 Å². The SMILES string of the molecule is CCNC(C)C(CC)c1nc(-c2cccc(OC)c2)no1. The van der Waals surface area contributed by atoms with E-state index < -0.39 is 0 Å². The molecule has 1 aromatic carbocycles. The highest BCUT2D eigenvalue weighted by molar-refractivity contribution is 5.56.